The Morgan fingerprint density at radius 2 is 2.05 bits per heavy atom. The SMILES string of the molecule is CCC1(C)OC(CC#N)(C(C)(CC)SC#N)SC1=CC#N. The number of hydrogen-bond donors (Lipinski definition) is 0. The van der Waals surface area contributed by atoms with Gasteiger partial charge in [-0.2, -0.15) is 15.8 Å². The maximum Gasteiger partial charge on any atom is 0.147 e. The summed E-state index contributed by atoms with van der Waals surface area (Å²) in [6, 6.07) is 4.26. The van der Waals surface area contributed by atoms with Crippen LogP contribution in [0.25, 0.3) is 0 Å². The normalized spacial score (nSPS) is 32.9. The lowest BCUT2D eigenvalue weighted by Gasteiger charge is -2.42. The van der Waals surface area contributed by atoms with E-state index in [2.05, 4.69) is 17.5 Å². The third-order valence-electron chi connectivity index (χ3n) is 4.12. The zero-order valence-corrected chi connectivity index (χ0v) is 14.4. The summed E-state index contributed by atoms with van der Waals surface area (Å²) in [6.07, 6.45) is 3.08. The molecule has 0 N–H and O–H groups in total. The molecule has 0 aromatic heterocycles. The first-order valence-electron chi connectivity index (χ1n) is 6.80. The third-order valence-corrected chi connectivity index (χ3v) is 7.19. The average Bonchev–Trinajstić information content (AvgIpc) is 2.75. The van der Waals surface area contributed by atoms with Crippen LogP contribution in [0, 0.1) is 33.3 Å². The van der Waals surface area contributed by atoms with Crippen molar-refractivity contribution in [3.8, 4) is 17.5 Å². The minimum atomic E-state index is -0.815. The highest BCUT2D eigenvalue weighted by Crippen LogP contribution is 2.61. The number of hydrogen-bond acceptors (Lipinski definition) is 6. The molecule has 0 bridgehead atoms. The molecule has 0 saturated carbocycles. The summed E-state index contributed by atoms with van der Waals surface area (Å²) in [7, 11) is 0. The summed E-state index contributed by atoms with van der Waals surface area (Å²) in [5.74, 6) is 0. The predicted molar refractivity (Wildman–Crippen MR) is 85.9 cm³/mol. The number of nitriles is 3. The largest absolute Gasteiger partial charge is 0.350 e. The zero-order chi connectivity index (χ0) is 16.1. The zero-order valence-electron chi connectivity index (χ0n) is 12.8. The number of rotatable bonds is 5. The summed E-state index contributed by atoms with van der Waals surface area (Å²) in [6.45, 7) is 7.88. The molecule has 1 rings (SSSR count). The first kappa shape index (κ1) is 17.9. The molecule has 3 atom stereocenters. The quantitative estimate of drug-likeness (QED) is 0.554. The number of allylic oxidation sites excluding steroid dienone is 1. The Labute approximate surface area is 135 Å². The molecule has 1 heterocycles. The van der Waals surface area contributed by atoms with E-state index in [1.54, 1.807) is 0 Å². The molecular weight excluding hydrogens is 302 g/mol. The summed E-state index contributed by atoms with van der Waals surface area (Å²) >= 11 is 2.58. The topological polar surface area (TPSA) is 80.6 Å². The van der Waals surface area contributed by atoms with E-state index in [-0.39, 0.29) is 6.42 Å². The van der Waals surface area contributed by atoms with Crippen LogP contribution in [-0.4, -0.2) is 15.3 Å². The van der Waals surface area contributed by atoms with Crippen LogP contribution < -0.4 is 0 Å². The van der Waals surface area contributed by atoms with Crippen molar-refractivity contribution in [3.05, 3.63) is 11.0 Å². The second-order valence-corrected chi connectivity index (χ2v) is 7.88. The number of thioether (sulfide) groups is 2. The highest BCUT2D eigenvalue weighted by atomic mass is 32.2. The molecule has 4 nitrogen and oxygen atoms in total. The van der Waals surface area contributed by atoms with Gasteiger partial charge in [0.2, 0.25) is 0 Å². The fourth-order valence-corrected chi connectivity index (χ4v) is 4.76. The molecule has 0 aromatic rings. The number of ether oxygens (including phenoxy) is 1. The van der Waals surface area contributed by atoms with Crippen molar-refractivity contribution in [2.45, 2.75) is 62.2 Å². The van der Waals surface area contributed by atoms with Gasteiger partial charge >= 0.3 is 0 Å². The van der Waals surface area contributed by atoms with Crippen molar-refractivity contribution in [1.82, 2.24) is 0 Å². The molecular formula is C15H19N3OS2. The van der Waals surface area contributed by atoms with Gasteiger partial charge in [0.1, 0.15) is 10.3 Å². The molecule has 3 unspecified atom stereocenters. The Morgan fingerprint density at radius 1 is 1.38 bits per heavy atom. The molecule has 1 aliphatic rings. The molecule has 1 saturated heterocycles. The second kappa shape index (κ2) is 6.75. The van der Waals surface area contributed by atoms with Gasteiger partial charge in [-0.3, -0.25) is 0 Å². The first-order chi connectivity index (χ1) is 9.87. The van der Waals surface area contributed by atoms with Gasteiger partial charge in [0, 0.05) is 11.0 Å². The van der Waals surface area contributed by atoms with E-state index in [0.29, 0.717) is 12.8 Å². The predicted octanol–water partition coefficient (Wildman–Crippen LogP) is 4.32. The lowest BCUT2D eigenvalue weighted by Crippen LogP contribution is -2.48. The maximum absolute atomic E-state index is 9.26. The summed E-state index contributed by atoms with van der Waals surface area (Å²) < 4.78 is 5.82. The minimum absolute atomic E-state index is 0.176. The van der Waals surface area contributed by atoms with E-state index in [9.17, 15) is 5.26 Å². The van der Waals surface area contributed by atoms with Crippen molar-refractivity contribution < 1.29 is 4.74 Å². The first-order valence-corrected chi connectivity index (χ1v) is 8.43. The van der Waals surface area contributed by atoms with Gasteiger partial charge in [-0.25, -0.2) is 0 Å². The lowest BCUT2D eigenvalue weighted by molar-refractivity contribution is -0.0771. The number of thiocyanates is 1. The fourth-order valence-electron chi connectivity index (χ4n) is 2.31. The van der Waals surface area contributed by atoms with Crippen molar-refractivity contribution in [1.29, 1.82) is 15.8 Å². The smallest absolute Gasteiger partial charge is 0.147 e. The maximum atomic E-state index is 9.26. The standard InChI is InChI=1S/C15H19N3OS2/c1-5-13(3)12(7-9-16)21-15(19-13,8-10-17)14(4,6-2)20-11-18/h7H,5-6,8H2,1-4H3. The van der Waals surface area contributed by atoms with Crippen molar-refractivity contribution in [2.75, 3.05) is 0 Å². The van der Waals surface area contributed by atoms with Crippen LogP contribution in [0.5, 0.6) is 0 Å². The second-order valence-electron chi connectivity index (χ2n) is 5.29. The summed E-state index contributed by atoms with van der Waals surface area (Å²) in [5, 5.41) is 29.5. The van der Waals surface area contributed by atoms with Crippen LogP contribution in [-0.2, 0) is 4.74 Å². The van der Waals surface area contributed by atoms with Gasteiger partial charge < -0.3 is 4.74 Å². The van der Waals surface area contributed by atoms with Crippen LogP contribution in [0.15, 0.2) is 11.0 Å². The van der Waals surface area contributed by atoms with E-state index in [1.165, 1.54) is 17.8 Å². The van der Waals surface area contributed by atoms with Gasteiger partial charge in [-0.15, -0.1) is 0 Å². The Bertz CT molecular complexity index is 557. The van der Waals surface area contributed by atoms with Crippen molar-refractivity contribution in [2.24, 2.45) is 0 Å². The van der Waals surface area contributed by atoms with Gasteiger partial charge in [0.15, 0.2) is 0 Å². The lowest BCUT2D eigenvalue weighted by atomic mass is 9.95. The van der Waals surface area contributed by atoms with Crippen LogP contribution in [0.1, 0.15) is 47.0 Å². The Kier molecular flexibility index (Phi) is 5.76. The van der Waals surface area contributed by atoms with E-state index in [1.807, 2.05) is 27.7 Å². The fraction of sp³-hybridized carbons (Fsp3) is 0.667. The molecule has 0 radical (unpaired) electrons. The van der Waals surface area contributed by atoms with E-state index in [0.717, 1.165) is 16.7 Å². The minimum Gasteiger partial charge on any atom is -0.350 e. The summed E-state index contributed by atoms with van der Waals surface area (Å²) in [4.78, 5) is 0.0191. The van der Waals surface area contributed by atoms with Gasteiger partial charge in [-0.05, 0) is 38.5 Å². The summed E-state index contributed by atoms with van der Waals surface area (Å²) in [5.41, 5.74) is -0.580. The molecule has 112 valence electrons. The monoisotopic (exact) mass is 321 g/mol. The molecule has 1 fully saturated rings. The van der Waals surface area contributed by atoms with Crippen LogP contribution in [0.2, 0.25) is 0 Å². The van der Waals surface area contributed by atoms with Gasteiger partial charge in [0.05, 0.1) is 28.9 Å². The highest BCUT2D eigenvalue weighted by molar-refractivity contribution is 8.08. The van der Waals surface area contributed by atoms with E-state index >= 15 is 0 Å². The molecule has 21 heavy (non-hydrogen) atoms. The van der Waals surface area contributed by atoms with Crippen LogP contribution in [0.3, 0.4) is 0 Å². The number of nitrogens with zero attached hydrogens (tertiary/aromatic N) is 3. The Morgan fingerprint density at radius 3 is 2.48 bits per heavy atom. The Hall–Kier alpha value is -1.13. The van der Waals surface area contributed by atoms with Crippen LogP contribution in [0.4, 0.5) is 0 Å². The van der Waals surface area contributed by atoms with Gasteiger partial charge in [0.25, 0.3) is 0 Å². The molecule has 0 spiro atoms. The highest BCUT2D eigenvalue weighted by Gasteiger charge is 2.59. The van der Waals surface area contributed by atoms with Gasteiger partial charge in [-0.1, -0.05) is 25.6 Å². The van der Waals surface area contributed by atoms with Crippen molar-refractivity contribution >= 4 is 23.5 Å². The van der Waals surface area contributed by atoms with E-state index in [4.69, 9.17) is 15.3 Å². The van der Waals surface area contributed by atoms with Crippen LogP contribution >= 0.6 is 23.5 Å². The average molecular weight is 321 g/mol. The van der Waals surface area contributed by atoms with Crippen molar-refractivity contribution in [3.63, 3.8) is 0 Å². The molecule has 0 aromatic carbocycles. The molecule has 6 heteroatoms. The molecule has 0 amide bonds. The Balaban J connectivity index is 3.40. The third kappa shape index (κ3) is 3.06. The molecule has 0 aliphatic carbocycles. The van der Waals surface area contributed by atoms with E-state index < -0.39 is 15.3 Å². The molecule has 1 aliphatic heterocycles.